The van der Waals surface area contributed by atoms with Crippen molar-refractivity contribution in [2.45, 2.75) is 43.4 Å². The van der Waals surface area contributed by atoms with E-state index >= 15 is 0 Å². The molecule has 0 spiro atoms. The van der Waals surface area contributed by atoms with E-state index in [1.165, 1.54) is 25.1 Å². The third-order valence-electron chi connectivity index (χ3n) is 2.59. The summed E-state index contributed by atoms with van der Waals surface area (Å²) in [5.41, 5.74) is 6.24. The largest absolute Gasteiger partial charge is 0.390 e. The van der Waals surface area contributed by atoms with Crippen LogP contribution in [0.2, 0.25) is 0 Å². The summed E-state index contributed by atoms with van der Waals surface area (Å²) >= 11 is 0. The molecule has 4 nitrogen and oxygen atoms in total. The van der Waals surface area contributed by atoms with E-state index < -0.39 is 28.7 Å². The fourth-order valence-corrected chi connectivity index (χ4v) is 2.98. The van der Waals surface area contributed by atoms with Gasteiger partial charge in [0.2, 0.25) is 10.0 Å². The predicted octanol–water partition coefficient (Wildman–Crippen LogP) is 2.33. The van der Waals surface area contributed by atoms with E-state index in [1.54, 1.807) is 13.0 Å². The van der Waals surface area contributed by atoms with Crippen molar-refractivity contribution < 1.29 is 21.6 Å². The van der Waals surface area contributed by atoms with Crippen molar-refractivity contribution in [3.63, 3.8) is 0 Å². The number of alkyl halides is 3. The molecule has 1 aromatic rings. The second kappa shape index (κ2) is 6.11. The van der Waals surface area contributed by atoms with Crippen molar-refractivity contribution in [3.05, 3.63) is 29.8 Å². The van der Waals surface area contributed by atoms with E-state index in [-0.39, 0.29) is 10.9 Å². The smallest absolute Gasteiger partial charge is 0.324 e. The van der Waals surface area contributed by atoms with E-state index in [0.29, 0.717) is 5.56 Å². The van der Waals surface area contributed by atoms with Crippen molar-refractivity contribution in [2.75, 3.05) is 0 Å². The highest BCUT2D eigenvalue weighted by atomic mass is 32.2. The minimum atomic E-state index is -4.42. The van der Waals surface area contributed by atoms with Gasteiger partial charge in [-0.15, -0.1) is 0 Å². The third-order valence-corrected chi connectivity index (χ3v) is 4.18. The molecule has 0 saturated heterocycles. The molecular formula is C12H17F3N2O2S. The summed E-state index contributed by atoms with van der Waals surface area (Å²) in [4.78, 5) is -0.0960. The van der Waals surface area contributed by atoms with E-state index in [1.807, 2.05) is 4.72 Å². The fraction of sp³-hybridized carbons (Fsp3) is 0.500. The zero-order chi connectivity index (χ0) is 15.6. The molecule has 0 saturated carbocycles. The summed E-state index contributed by atoms with van der Waals surface area (Å²) in [6, 6.07) is 4.23. The summed E-state index contributed by atoms with van der Waals surface area (Å²) in [6.45, 7) is 2.85. The van der Waals surface area contributed by atoms with Crippen molar-refractivity contribution >= 4 is 10.0 Å². The number of hydrogen-bond donors (Lipinski definition) is 2. The van der Waals surface area contributed by atoms with Crippen LogP contribution in [0.1, 0.15) is 31.9 Å². The Morgan fingerprint density at radius 1 is 1.30 bits per heavy atom. The number of hydrogen-bond acceptors (Lipinski definition) is 3. The first-order valence-corrected chi connectivity index (χ1v) is 7.44. The van der Waals surface area contributed by atoms with Gasteiger partial charge in [0, 0.05) is 12.1 Å². The number of nitrogens with one attached hydrogen (secondary N) is 1. The SMILES string of the molecule is CC(CC(F)(F)F)NS(=O)(=O)c1cccc(C(C)N)c1. The van der Waals surface area contributed by atoms with E-state index in [9.17, 15) is 21.6 Å². The molecule has 0 bridgehead atoms. The number of benzene rings is 1. The van der Waals surface area contributed by atoms with Crippen LogP contribution in [0.15, 0.2) is 29.2 Å². The van der Waals surface area contributed by atoms with Gasteiger partial charge in [-0.3, -0.25) is 0 Å². The van der Waals surface area contributed by atoms with Crippen LogP contribution in [-0.4, -0.2) is 20.6 Å². The monoisotopic (exact) mass is 310 g/mol. The Kier molecular flexibility index (Phi) is 5.17. The van der Waals surface area contributed by atoms with Gasteiger partial charge >= 0.3 is 6.18 Å². The van der Waals surface area contributed by atoms with Crippen LogP contribution in [0.25, 0.3) is 0 Å². The second-order valence-corrected chi connectivity index (χ2v) is 6.42. The molecule has 0 heterocycles. The quantitative estimate of drug-likeness (QED) is 0.876. The summed E-state index contributed by atoms with van der Waals surface area (Å²) in [5, 5.41) is 0. The second-order valence-electron chi connectivity index (χ2n) is 4.70. The summed E-state index contributed by atoms with van der Waals surface area (Å²) < 4.78 is 62.6. The van der Waals surface area contributed by atoms with Crippen molar-refractivity contribution in [1.82, 2.24) is 4.72 Å². The Morgan fingerprint density at radius 2 is 1.90 bits per heavy atom. The summed E-state index contributed by atoms with van der Waals surface area (Å²) in [5.74, 6) is 0. The molecule has 114 valence electrons. The molecule has 2 unspecified atom stereocenters. The number of sulfonamides is 1. The van der Waals surface area contributed by atoms with Gasteiger partial charge in [-0.05, 0) is 31.5 Å². The van der Waals surface area contributed by atoms with Crippen LogP contribution < -0.4 is 10.5 Å². The molecule has 2 atom stereocenters. The highest BCUT2D eigenvalue weighted by molar-refractivity contribution is 7.89. The summed E-state index contributed by atoms with van der Waals surface area (Å²) in [6.07, 6.45) is -5.64. The first kappa shape index (κ1) is 16.9. The van der Waals surface area contributed by atoms with E-state index in [4.69, 9.17) is 5.73 Å². The van der Waals surface area contributed by atoms with E-state index in [2.05, 4.69) is 0 Å². The fourth-order valence-electron chi connectivity index (χ4n) is 1.69. The lowest BCUT2D eigenvalue weighted by Crippen LogP contribution is -2.36. The maximum Gasteiger partial charge on any atom is 0.390 e. The maximum atomic E-state index is 12.2. The molecule has 8 heteroatoms. The number of rotatable bonds is 5. The van der Waals surface area contributed by atoms with Crippen molar-refractivity contribution in [1.29, 1.82) is 0 Å². The Morgan fingerprint density at radius 3 is 2.40 bits per heavy atom. The van der Waals surface area contributed by atoms with Crippen LogP contribution in [0.4, 0.5) is 13.2 Å². The van der Waals surface area contributed by atoms with Crippen LogP contribution in [-0.2, 0) is 10.0 Å². The number of halogens is 3. The average molecular weight is 310 g/mol. The lowest BCUT2D eigenvalue weighted by molar-refractivity contribution is -0.137. The van der Waals surface area contributed by atoms with E-state index in [0.717, 1.165) is 0 Å². The van der Waals surface area contributed by atoms with Crippen LogP contribution in [0, 0.1) is 0 Å². The first-order valence-electron chi connectivity index (χ1n) is 5.96. The predicted molar refractivity (Wildman–Crippen MR) is 69.5 cm³/mol. The molecule has 0 aliphatic rings. The first-order chi connectivity index (χ1) is 9.01. The molecule has 0 fully saturated rings. The van der Waals surface area contributed by atoms with Gasteiger partial charge in [0.1, 0.15) is 0 Å². The molecule has 0 amide bonds. The molecule has 1 rings (SSSR count). The van der Waals surface area contributed by atoms with Gasteiger partial charge < -0.3 is 5.73 Å². The van der Waals surface area contributed by atoms with Crippen molar-refractivity contribution in [2.24, 2.45) is 5.73 Å². The Labute approximate surface area is 116 Å². The molecule has 0 radical (unpaired) electrons. The molecule has 0 aliphatic heterocycles. The molecule has 0 aliphatic carbocycles. The number of nitrogens with two attached hydrogens (primary N) is 1. The van der Waals surface area contributed by atoms with Gasteiger partial charge in [0.15, 0.2) is 0 Å². The zero-order valence-electron chi connectivity index (χ0n) is 11.1. The average Bonchev–Trinajstić information content (AvgIpc) is 2.25. The summed E-state index contributed by atoms with van der Waals surface area (Å²) in [7, 11) is -3.99. The third kappa shape index (κ3) is 5.10. The Hall–Kier alpha value is -1.12. The van der Waals surface area contributed by atoms with Gasteiger partial charge in [-0.25, -0.2) is 13.1 Å². The normalized spacial score (nSPS) is 15.9. The molecule has 20 heavy (non-hydrogen) atoms. The standard InChI is InChI=1S/C12H17F3N2O2S/c1-8(7-12(13,14)15)17-20(18,19)11-5-3-4-10(6-11)9(2)16/h3-6,8-9,17H,7,16H2,1-2H3. The Balaban J connectivity index is 2.91. The molecule has 1 aromatic carbocycles. The van der Waals surface area contributed by atoms with Gasteiger partial charge in [0.05, 0.1) is 11.3 Å². The molecule has 0 aromatic heterocycles. The Bertz CT molecular complexity index is 556. The van der Waals surface area contributed by atoms with Crippen LogP contribution in [0.3, 0.4) is 0 Å². The van der Waals surface area contributed by atoms with Crippen LogP contribution >= 0.6 is 0 Å². The zero-order valence-corrected chi connectivity index (χ0v) is 11.9. The maximum absolute atomic E-state index is 12.2. The highest BCUT2D eigenvalue weighted by Gasteiger charge is 2.32. The lowest BCUT2D eigenvalue weighted by Gasteiger charge is -2.16. The highest BCUT2D eigenvalue weighted by Crippen LogP contribution is 2.22. The molecular weight excluding hydrogens is 293 g/mol. The molecule has 3 N–H and O–H groups in total. The topological polar surface area (TPSA) is 72.2 Å². The van der Waals surface area contributed by atoms with Crippen LogP contribution in [0.5, 0.6) is 0 Å². The van der Waals surface area contributed by atoms with Gasteiger partial charge in [-0.1, -0.05) is 12.1 Å². The van der Waals surface area contributed by atoms with Gasteiger partial charge in [-0.2, -0.15) is 13.2 Å². The lowest BCUT2D eigenvalue weighted by atomic mass is 10.1. The van der Waals surface area contributed by atoms with Gasteiger partial charge in [0.25, 0.3) is 0 Å². The minimum Gasteiger partial charge on any atom is -0.324 e. The minimum absolute atomic E-state index is 0.0960. The van der Waals surface area contributed by atoms with Crippen molar-refractivity contribution in [3.8, 4) is 0 Å².